The fourth-order valence-corrected chi connectivity index (χ4v) is 6.28. The van der Waals surface area contributed by atoms with Crippen molar-refractivity contribution in [3.8, 4) is 0 Å². The van der Waals surface area contributed by atoms with Gasteiger partial charge in [0.05, 0.1) is 29.7 Å². The monoisotopic (exact) mass is 484 g/mol. The molecule has 3 fully saturated rings. The van der Waals surface area contributed by atoms with E-state index in [2.05, 4.69) is 17.5 Å². The van der Waals surface area contributed by atoms with Gasteiger partial charge < -0.3 is 10.1 Å². The van der Waals surface area contributed by atoms with Crippen molar-refractivity contribution in [2.45, 2.75) is 26.2 Å². The number of esters is 1. The van der Waals surface area contributed by atoms with Crippen LogP contribution in [0.15, 0.2) is 60.7 Å². The number of carbonyl (C=O) groups is 4. The van der Waals surface area contributed by atoms with Gasteiger partial charge in [0.2, 0.25) is 11.8 Å². The van der Waals surface area contributed by atoms with Gasteiger partial charge in [0.1, 0.15) is 0 Å². The lowest BCUT2D eigenvalue weighted by Gasteiger charge is -2.37. The molecule has 1 N–H and O–H groups in total. The van der Waals surface area contributed by atoms with Crippen molar-refractivity contribution < 1.29 is 23.9 Å². The zero-order valence-electron chi connectivity index (χ0n) is 20.1. The number of carbonyl (C=O) groups excluding carboxylic acids is 4. The van der Waals surface area contributed by atoms with Crippen LogP contribution >= 0.6 is 0 Å². The maximum atomic E-state index is 13.4. The quantitative estimate of drug-likeness (QED) is 0.271. The molecule has 2 aromatic carbocycles. The zero-order valence-corrected chi connectivity index (χ0v) is 20.1. The molecule has 0 unspecified atom stereocenters. The molecule has 3 amide bonds. The summed E-state index contributed by atoms with van der Waals surface area (Å²) in [7, 11) is 0. The second-order valence-corrected chi connectivity index (χ2v) is 10.2. The smallest absolute Gasteiger partial charge is 0.338 e. The Balaban J connectivity index is 1.15. The fourth-order valence-electron chi connectivity index (χ4n) is 6.28. The van der Waals surface area contributed by atoms with E-state index < -0.39 is 5.97 Å². The van der Waals surface area contributed by atoms with E-state index in [9.17, 15) is 19.2 Å². The molecular formula is C29H28N2O5. The second kappa shape index (κ2) is 8.73. The summed E-state index contributed by atoms with van der Waals surface area (Å²) >= 11 is 0. The molecule has 7 heteroatoms. The third-order valence-corrected chi connectivity index (χ3v) is 8.14. The van der Waals surface area contributed by atoms with E-state index in [1.165, 1.54) is 4.90 Å². The van der Waals surface area contributed by atoms with E-state index in [0.29, 0.717) is 40.9 Å². The molecule has 0 spiro atoms. The summed E-state index contributed by atoms with van der Waals surface area (Å²) in [5, 5.41) is 2.81. The van der Waals surface area contributed by atoms with Crippen LogP contribution < -0.4 is 10.2 Å². The lowest BCUT2D eigenvalue weighted by atomic mass is 9.63. The summed E-state index contributed by atoms with van der Waals surface area (Å²) in [5.41, 5.74) is 1.72. The largest absolute Gasteiger partial charge is 0.462 e. The molecule has 1 saturated heterocycles. The predicted molar refractivity (Wildman–Crippen MR) is 133 cm³/mol. The van der Waals surface area contributed by atoms with Crippen LogP contribution in [0, 0.1) is 35.5 Å². The molecule has 4 aliphatic carbocycles. The summed E-state index contributed by atoms with van der Waals surface area (Å²) in [5.74, 6) is -0.205. The molecule has 2 saturated carbocycles. The van der Waals surface area contributed by atoms with E-state index in [-0.39, 0.29) is 41.4 Å². The number of rotatable bonds is 7. The van der Waals surface area contributed by atoms with E-state index in [1.807, 2.05) is 6.92 Å². The number of unbranched alkanes of at least 4 members (excludes halogenated alkanes) is 1. The summed E-state index contributed by atoms with van der Waals surface area (Å²) < 4.78 is 5.21. The first-order valence-electron chi connectivity index (χ1n) is 12.7. The van der Waals surface area contributed by atoms with Crippen molar-refractivity contribution in [3.05, 3.63) is 71.8 Å². The normalized spacial score (nSPS) is 29.1. The van der Waals surface area contributed by atoms with Crippen LogP contribution in [0.3, 0.4) is 0 Å². The van der Waals surface area contributed by atoms with Crippen molar-refractivity contribution in [2.75, 3.05) is 16.8 Å². The maximum absolute atomic E-state index is 13.4. The number of benzene rings is 2. The molecular weight excluding hydrogens is 456 g/mol. The van der Waals surface area contributed by atoms with E-state index in [0.717, 1.165) is 19.3 Å². The van der Waals surface area contributed by atoms with E-state index >= 15 is 0 Å². The van der Waals surface area contributed by atoms with Gasteiger partial charge in [0.15, 0.2) is 0 Å². The van der Waals surface area contributed by atoms with Gasteiger partial charge in [-0.25, -0.2) is 9.69 Å². The SMILES string of the molecule is CCCCOC(=O)c1ccc(NC(=O)c2cccc(N3C(=O)[C@@H]4[C@H]5C=C[C@@H]([C@@H]6C[C@H]56)[C@H]4C3=O)c2)cc1. The minimum absolute atomic E-state index is 0.145. The summed E-state index contributed by atoms with van der Waals surface area (Å²) in [4.78, 5) is 53.1. The van der Waals surface area contributed by atoms with Gasteiger partial charge in [-0.3, -0.25) is 14.4 Å². The van der Waals surface area contributed by atoms with Crippen molar-refractivity contribution in [3.63, 3.8) is 0 Å². The molecule has 7 nitrogen and oxygen atoms in total. The lowest BCUT2D eigenvalue weighted by Crippen LogP contribution is -2.40. The van der Waals surface area contributed by atoms with E-state index in [1.54, 1.807) is 48.5 Å². The Morgan fingerprint density at radius 2 is 1.61 bits per heavy atom. The molecule has 6 atom stereocenters. The Hall–Kier alpha value is -3.74. The second-order valence-electron chi connectivity index (χ2n) is 10.2. The topological polar surface area (TPSA) is 92.8 Å². The molecule has 36 heavy (non-hydrogen) atoms. The Labute approximate surface area is 209 Å². The molecule has 7 rings (SSSR count). The minimum Gasteiger partial charge on any atom is -0.462 e. The number of amides is 3. The molecule has 5 aliphatic rings. The van der Waals surface area contributed by atoms with Crippen LogP contribution in [-0.4, -0.2) is 30.3 Å². The average Bonchev–Trinajstić information content (AvgIpc) is 3.67. The highest BCUT2D eigenvalue weighted by Crippen LogP contribution is 2.65. The number of imide groups is 1. The van der Waals surface area contributed by atoms with Crippen molar-refractivity contribution in [1.29, 1.82) is 0 Å². The summed E-state index contributed by atoms with van der Waals surface area (Å²) in [6.45, 7) is 2.41. The van der Waals surface area contributed by atoms with Gasteiger partial charge in [-0.2, -0.15) is 0 Å². The minimum atomic E-state index is -0.393. The first-order chi connectivity index (χ1) is 17.5. The number of anilines is 2. The number of ether oxygens (including phenoxy) is 1. The summed E-state index contributed by atoms with van der Waals surface area (Å²) in [6, 6.07) is 13.1. The molecule has 1 heterocycles. The van der Waals surface area contributed by atoms with Gasteiger partial charge in [-0.1, -0.05) is 31.6 Å². The van der Waals surface area contributed by atoms with Gasteiger partial charge in [0, 0.05) is 11.3 Å². The molecule has 0 aromatic heterocycles. The van der Waals surface area contributed by atoms with E-state index in [4.69, 9.17) is 4.74 Å². The van der Waals surface area contributed by atoms with Crippen LogP contribution in [0.4, 0.5) is 11.4 Å². The Morgan fingerprint density at radius 3 is 2.25 bits per heavy atom. The third-order valence-electron chi connectivity index (χ3n) is 8.14. The third kappa shape index (κ3) is 3.65. The standard InChI is InChI=1S/C29H28N2O5/c1-2-3-13-36-29(35)16-7-9-18(10-8-16)30-26(32)17-5-4-6-19(14-17)31-27(33)24-20-11-12-21(23-15-22(20)23)25(24)28(31)34/h4-12,14,20-25H,2-3,13,15H2,1H3,(H,30,32)/t20-,21-,22-,23+,24+,25+/m0/s1. The average molecular weight is 485 g/mol. The van der Waals surface area contributed by atoms with Crippen LogP contribution in [0.5, 0.6) is 0 Å². The predicted octanol–water partition coefficient (Wildman–Crippen LogP) is 4.45. The van der Waals surface area contributed by atoms with Gasteiger partial charge in [-0.05, 0) is 79.0 Å². The first kappa shape index (κ1) is 22.7. The molecule has 2 bridgehead atoms. The summed E-state index contributed by atoms with van der Waals surface area (Å²) in [6.07, 6.45) is 7.17. The first-order valence-corrected chi connectivity index (χ1v) is 12.7. The Morgan fingerprint density at radius 1 is 0.944 bits per heavy atom. The van der Waals surface area contributed by atoms with Crippen LogP contribution in [0.2, 0.25) is 0 Å². The highest BCUT2D eigenvalue weighted by Gasteiger charge is 2.67. The number of allylic oxidation sites excluding steroid dienone is 2. The number of hydrogen-bond donors (Lipinski definition) is 1. The van der Waals surface area contributed by atoms with Gasteiger partial charge in [-0.15, -0.1) is 0 Å². The number of nitrogens with zero attached hydrogens (tertiary/aromatic N) is 1. The fraction of sp³-hybridized carbons (Fsp3) is 0.379. The van der Waals surface area contributed by atoms with Crippen molar-refractivity contribution in [1.82, 2.24) is 0 Å². The van der Waals surface area contributed by atoms with Crippen molar-refractivity contribution in [2.24, 2.45) is 35.5 Å². The number of hydrogen-bond acceptors (Lipinski definition) is 5. The van der Waals surface area contributed by atoms with Gasteiger partial charge >= 0.3 is 5.97 Å². The van der Waals surface area contributed by atoms with Crippen LogP contribution in [-0.2, 0) is 14.3 Å². The molecule has 184 valence electrons. The molecule has 2 aromatic rings. The molecule has 0 radical (unpaired) electrons. The van der Waals surface area contributed by atoms with Gasteiger partial charge in [0.25, 0.3) is 5.91 Å². The van der Waals surface area contributed by atoms with Crippen LogP contribution in [0.1, 0.15) is 46.9 Å². The highest BCUT2D eigenvalue weighted by molar-refractivity contribution is 6.23. The molecule has 1 aliphatic heterocycles. The Kier molecular flexibility index (Phi) is 5.51. The highest BCUT2D eigenvalue weighted by atomic mass is 16.5. The Bertz CT molecular complexity index is 1250. The number of nitrogens with one attached hydrogen (secondary N) is 1. The lowest BCUT2D eigenvalue weighted by molar-refractivity contribution is -0.124. The van der Waals surface area contributed by atoms with Crippen LogP contribution in [0.25, 0.3) is 0 Å². The maximum Gasteiger partial charge on any atom is 0.338 e. The zero-order chi connectivity index (χ0) is 25.0. The van der Waals surface area contributed by atoms with Crippen molar-refractivity contribution >= 4 is 35.1 Å².